The van der Waals surface area contributed by atoms with Gasteiger partial charge in [-0.25, -0.2) is 4.79 Å². The van der Waals surface area contributed by atoms with E-state index in [1.165, 1.54) is 0 Å². The summed E-state index contributed by atoms with van der Waals surface area (Å²) in [7, 11) is 0. The highest BCUT2D eigenvalue weighted by atomic mass is 79.9. The van der Waals surface area contributed by atoms with Gasteiger partial charge in [0.2, 0.25) is 5.91 Å². The molecule has 1 N–H and O–H groups in total. The molecule has 1 fully saturated rings. The molecular formula is C25H29BrN2O5. The summed E-state index contributed by atoms with van der Waals surface area (Å²) in [5.74, 6) is 0.705. The van der Waals surface area contributed by atoms with Gasteiger partial charge in [0.1, 0.15) is 5.75 Å². The highest BCUT2D eigenvalue weighted by Crippen LogP contribution is 2.20. The Balaban J connectivity index is 1.38. The summed E-state index contributed by atoms with van der Waals surface area (Å²) in [6.45, 7) is 3.88. The first kappa shape index (κ1) is 24.8. The fourth-order valence-corrected chi connectivity index (χ4v) is 4.18. The topological polar surface area (TPSA) is 84.9 Å². The predicted molar refractivity (Wildman–Crippen MR) is 128 cm³/mol. The van der Waals surface area contributed by atoms with Crippen LogP contribution in [0.2, 0.25) is 0 Å². The molecule has 0 atom stereocenters. The normalized spacial score (nSPS) is 13.9. The van der Waals surface area contributed by atoms with Crippen LogP contribution in [-0.4, -0.2) is 49.1 Å². The molecule has 3 rings (SSSR count). The lowest BCUT2D eigenvalue weighted by Gasteiger charge is -2.32. The lowest BCUT2D eigenvalue weighted by Crippen LogP contribution is -2.41. The molecule has 0 bridgehead atoms. The Morgan fingerprint density at radius 1 is 1.09 bits per heavy atom. The number of benzene rings is 2. The Kier molecular flexibility index (Phi) is 9.30. The molecule has 0 spiro atoms. The number of carbonyl (C=O) groups is 3. The Bertz CT molecular complexity index is 956. The van der Waals surface area contributed by atoms with Crippen LogP contribution >= 0.6 is 15.9 Å². The standard InChI is InChI=1S/C25H29BrN2O5/c1-2-32-25(31)33-22-9-7-20(8-10-22)24(30)28-14-12-19(13-15-28)17-27-23(29)11-6-18-4-3-5-21(26)16-18/h3-5,7-10,16,19H,2,6,11-15,17H2,1H3,(H,27,29). The van der Waals surface area contributed by atoms with Gasteiger partial charge in [-0.15, -0.1) is 0 Å². The summed E-state index contributed by atoms with van der Waals surface area (Å²) < 4.78 is 10.8. The summed E-state index contributed by atoms with van der Waals surface area (Å²) in [5, 5.41) is 3.04. The van der Waals surface area contributed by atoms with E-state index in [0.29, 0.717) is 49.7 Å². The van der Waals surface area contributed by atoms with Crippen LogP contribution in [-0.2, 0) is 16.0 Å². The van der Waals surface area contributed by atoms with Gasteiger partial charge in [-0.2, -0.15) is 0 Å². The lowest BCUT2D eigenvalue weighted by molar-refractivity contribution is -0.121. The molecule has 1 heterocycles. The number of hydrogen-bond acceptors (Lipinski definition) is 5. The van der Waals surface area contributed by atoms with Crippen molar-refractivity contribution in [2.75, 3.05) is 26.2 Å². The predicted octanol–water partition coefficient (Wildman–Crippen LogP) is 4.59. The SMILES string of the molecule is CCOC(=O)Oc1ccc(C(=O)N2CCC(CNC(=O)CCc3cccc(Br)c3)CC2)cc1. The van der Waals surface area contributed by atoms with E-state index in [2.05, 4.69) is 21.2 Å². The third kappa shape index (κ3) is 7.89. The molecule has 1 aliphatic heterocycles. The number of likely N-dealkylation sites (tertiary alicyclic amines) is 1. The monoisotopic (exact) mass is 516 g/mol. The van der Waals surface area contributed by atoms with Crippen LogP contribution in [0.4, 0.5) is 4.79 Å². The average molecular weight is 517 g/mol. The number of piperidine rings is 1. The number of rotatable bonds is 8. The second-order valence-corrected chi connectivity index (χ2v) is 8.89. The van der Waals surface area contributed by atoms with E-state index < -0.39 is 6.16 Å². The van der Waals surface area contributed by atoms with Crippen LogP contribution < -0.4 is 10.1 Å². The van der Waals surface area contributed by atoms with E-state index in [4.69, 9.17) is 9.47 Å². The van der Waals surface area contributed by atoms with Crippen molar-refractivity contribution in [2.45, 2.75) is 32.6 Å². The van der Waals surface area contributed by atoms with Crippen LogP contribution in [0, 0.1) is 5.92 Å². The number of aryl methyl sites for hydroxylation is 1. The minimum absolute atomic E-state index is 0.0470. The quantitative estimate of drug-likeness (QED) is 0.409. The van der Waals surface area contributed by atoms with Gasteiger partial charge in [0.25, 0.3) is 5.91 Å². The first-order valence-electron chi connectivity index (χ1n) is 11.2. The summed E-state index contributed by atoms with van der Waals surface area (Å²) in [5.41, 5.74) is 1.68. The van der Waals surface area contributed by atoms with E-state index in [1.54, 1.807) is 31.2 Å². The van der Waals surface area contributed by atoms with Crippen molar-refractivity contribution in [2.24, 2.45) is 5.92 Å². The Labute approximate surface area is 202 Å². The minimum Gasteiger partial charge on any atom is -0.434 e. The van der Waals surface area contributed by atoms with Gasteiger partial charge in [0.15, 0.2) is 0 Å². The number of amides is 2. The average Bonchev–Trinajstić information content (AvgIpc) is 2.82. The largest absolute Gasteiger partial charge is 0.513 e. The van der Waals surface area contributed by atoms with Gasteiger partial charge in [-0.1, -0.05) is 28.1 Å². The number of ether oxygens (including phenoxy) is 2. The molecule has 1 aliphatic rings. The molecule has 8 heteroatoms. The van der Waals surface area contributed by atoms with Crippen molar-refractivity contribution in [3.8, 4) is 5.75 Å². The van der Waals surface area contributed by atoms with Crippen LogP contribution in [0.15, 0.2) is 53.0 Å². The fraction of sp³-hybridized carbons (Fsp3) is 0.400. The second kappa shape index (κ2) is 12.4. The highest BCUT2D eigenvalue weighted by molar-refractivity contribution is 9.10. The van der Waals surface area contributed by atoms with Gasteiger partial charge in [0.05, 0.1) is 6.61 Å². The third-order valence-corrected chi connectivity index (χ3v) is 6.08. The summed E-state index contributed by atoms with van der Waals surface area (Å²) in [6, 6.07) is 14.4. The maximum Gasteiger partial charge on any atom is 0.513 e. The van der Waals surface area contributed by atoms with Crippen LogP contribution in [0.3, 0.4) is 0 Å². The Morgan fingerprint density at radius 2 is 1.82 bits per heavy atom. The van der Waals surface area contributed by atoms with E-state index in [-0.39, 0.29) is 18.4 Å². The molecule has 0 saturated carbocycles. The molecule has 1 saturated heterocycles. The van der Waals surface area contributed by atoms with Crippen LogP contribution in [0.5, 0.6) is 5.75 Å². The zero-order valence-corrected chi connectivity index (χ0v) is 20.3. The number of nitrogens with one attached hydrogen (secondary N) is 1. The van der Waals surface area contributed by atoms with Crippen molar-refractivity contribution < 1.29 is 23.9 Å². The van der Waals surface area contributed by atoms with E-state index >= 15 is 0 Å². The molecule has 7 nitrogen and oxygen atoms in total. The summed E-state index contributed by atoms with van der Waals surface area (Å²) in [6.07, 6.45) is 2.11. The zero-order valence-electron chi connectivity index (χ0n) is 18.7. The van der Waals surface area contributed by atoms with Crippen molar-refractivity contribution in [1.82, 2.24) is 10.2 Å². The van der Waals surface area contributed by atoms with Crippen molar-refractivity contribution in [3.05, 3.63) is 64.1 Å². The molecule has 2 aromatic carbocycles. The second-order valence-electron chi connectivity index (χ2n) is 7.98. The zero-order chi connectivity index (χ0) is 23.6. The van der Waals surface area contributed by atoms with E-state index in [1.807, 2.05) is 29.2 Å². The first-order valence-corrected chi connectivity index (χ1v) is 12.0. The molecular weight excluding hydrogens is 488 g/mol. The van der Waals surface area contributed by atoms with Gasteiger partial charge in [0, 0.05) is 36.1 Å². The highest BCUT2D eigenvalue weighted by Gasteiger charge is 2.24. The molecule has 176 valence electrons. The van der Waals surface area contributed by atoms with Crippen molar-refractivity contribution in [3.63, 3.8) is 0 Å². The van der Waals surface area contributed by atoms with E-state index in [9.17, 15) is 14.4 Å². The van der Waals surface area contributed by atoms with Crippen molar-refractivity contribution >= 4 is 33.9 Å². The van der Waals surface area contributed by atoms with Gasteiger partial charge < -0.3 is 19.7 Å². The minimum atomic E-state index is -0.765. The maximum atomic E-state index is 12.8. The maximum absolute atomic E-state index is 12.8. The Morgan fingerprint density at radius 3 is 2.48 bits per heavy atom. The molecule has 33 heavy (non-hydrogen) atoms. The Hall–Kier alpha value is -2.87. The molecule has 0 aromatic heterocycles. The molecule has 0 radical (unpaired) electrons. The van der Waals surface area contributed by atoms with E-state index in [0.717, 1.165) is 22.9 Å². The van der Waals surface area contributed by atoms with Crippen LogP contribution in [0.25, 0.3) is 0 Å². The smallest absolute Gasteiger partial charge is 0.434 e. The van der Waals surface area contributed by atoms with Gasteiger partial charge in [-0.05, 0) is 74.1 Å². The lowest BCUT2D eigenvalue weighted by atomic mass is 9.96. The van der Waals surface area contributed by atoms with Gasteiger partial charge >= 0.3 is 6.16 Å². The molecule has 0 unspecified atom stereocenters. The molecule has 0 aliphatic carbocycles. The number of nitrogens with zero attached hydrogens (tertiary/aromatic N) is 1. The molecule has 2 aromatic rings. The van der Waals surface area contributed by atoms with Crippen molar-refractivity contribution in [1.29, 1.82) is 0 Å². The number of hydrogen-bond donors (Lipinski definition) is 1. The molecule has 2 amide bonds. The third-order valence-electron chi connectivity index (χ3n) is 5.58. The summed E-state index contributed by atoms with van der Waals surface area (Å²) >= 11 is 3.45. The number of halogens is 1. The summed E-state index contributed by atoms with van der Waals surface area (Å²) in [4.78, 5) is 38.2. The van der Waals surface area contributed by atoms with Crippen LogP contribution in [0.1, 0.15) is 42.1 Å². The first-order chi connectivity index (χ1) is 15.9. The fourth-order valence-electron chi connectivity index (χ4n) is 3.73. The van der Waals surface area contributed by atoms with Gasteiger partial charge in [-0.3, -0.25) is 9.59 Å². The number of carbonyl (C=O) groups excluding carboxylic acids is 3.